The predicted molar refractivity (Wildman–Crippen MR) is 93.9 cm³/mol. The summed E-state index contributed by atoms with van der Waals surface area (Å²) in [6.45, 7) is 4.30. The van der Waals surface area contributed by atoms with Crippen LogP contribution in [0.15, 0.2) is 30.7 Å². The number of nitrogens with one attached hydrogen (secondary N) is 2. The normalized spacial score (nSPS) is 10.6. The summed E-state index contributed by atoms with van der Waals surface area (Å²) in [6, 6.07) is 3.58. The maximum atomic E-state index is 11.9. The van der Waals surface area contributed by atoms with Crippen molar-refractivity contribution in [1.82, 2.24) is 25.1 Å². The van der Waals surface area contributed by atoms with Gasteiger partial charge in [-0.25, -0.2) is 9.78 Å². The number of anilines is 1. The molecule has 0 aliphatic heterocycles. The predicted octanol–water partition coefficient (Wildman–Crippen LogP) is 2.88. The zero-order valence-corrected chi connectivity index (χ0v) is 14.5. The Kier molecular flexibility index (Phi) is 4.57. The highest BCUT2D eigenvalue weighted by Crippen LogP contribution is 2.20. The topological polar surface area (TPSA) is 84.7 Å². The minimum absolute atomic E-state index is 0.278. The summed E-state index contributed by atoms with van der Waals surface area (Å²) in [5, 5.41) is 10.3. The SMILES string of the molecule is Cc1nc(NC(=O)NCc2ccc(-c3cnn(C)c3)nc2)sc1C. The van der Waals surface area contributed by atoms with Crippen LogP contribution < -0.4 is 10.6 Å². The van der Waals surface area contributed by atoms with E-state index in [2.05, 4.69) is 25.7 Å². The van der Waals surface area contributed by atoms with E-state index in [1.807, 2.05) is 39.2 Å². The van der Waals surface area contributed by atoms with E-state index in [4.69, 9.17) is 0 Å². The molecule has 124 valence electrons. The molecular formula is C16H18N6OS. The van der Waals surface area contributed by atoms with Crippen molar-refractivity contribution in [3.05, 3.63) is 46.9 Å². The molecule has 2 N–H and O–H groups in total. The number of thiazole rings is 1. The molecule has 3 aromatic heterocycles. The molecule has 24 heavy (non-hydrogen) atoms. The Morgan fingerprint density at radius 1 is 1.29 bits per heavy atom. The first kappa shape index (κ1) is 16.1. The lowest BCUT2D eigenvalue weighted by Crippen LogP contribution is -2.28. The number of aromatic nitrogens is 4. The van der Waals surface area contributed by atoms with E-state index < -0.39 is 0 Å². The third-order valence-electron chi connectivity index (χ3n) is 3.53. The van der Waals surface area contributed by atoms with Crippen LogP contribution in [0.1, 0.15) is 16.1 Å². The van der Waals surface area contributed by atoms with Gasteiger partial charge in [-0.3, -0.25) is 15.0 Å². The van der Waals surface area contributed by atoms with Gasteiger partial charge >= 0.3 is 6.03 Å². The third-order valence-corrected chi connectivity index (χ3v) is 4.52. The summed E-state index contributed by atoms with van der Waals surface area (Å²) in [6.07, 6.45) is 5.43. The molecule has 2 amide bonds. The van der Waals surface area contributed by atoms with Crippen LogP contribution in [0.5, 0.6) is 0 Å². The molecule has 3 heterocycles. The van der Waals surface area contributed by atoms with Gasteiger partial charge in [0, 0.05) is 36.4 Å². The lowest BCUT2D eigenvalue weighted by molar-refractivity contribution is 0.251. The Morgan fingerprint density at radius 3 is 2.71 bits per heavy atom. The monoisotopic (exact) mass is 342 g/mol. The molecule has 3 aromatic rings. The van der Waals surface area contributed by atoms with Crippen molar-refractivity contribution in [3.8, 4) is 11.3 Å². The van der Waals surface area contributed by atoms with Crippen molar-refractivity contribution < 1.29 is 4.79 Å². The fourth-order valence-corrected chi connectivity index (χ4v) is 2.91. The summed E-state index contributed by atoms with van der Waals surface area (Å²) in [7, 11) is 1.87. The van der Waals surface area contributed by atoms with Gasteiger partial charge in [-0.05, 0) is 25.5 Å². The maximum Gasteiger partial charge on any atom is 0.321 e. The van der Waals surface area contributed by atoms with Gasteiger partial charge in [0.15, 0.2) is 5.13 Å². The van der Waals surface area contributed by atoms with Crippen molar-refractivity contribution in [1.29, 1.82) is 0 Å². The smallest absolute Gasteiger partial charge is 0.321 e. The zero-order valence-electron chi connectivity index (χ0n) is 13.7. The van der Waals surface area contributed by atoms with E-state index in [9.17, 15) is 4.79 Å². The number of hydrogen-bond acceptors (Lipinski definition) is 5. The Bertz CT molecular complexity index is 832. The van der Waals surface area contributed by atoms with Crippen LogP contribution in [0.4, 0.5) is 9.93 Å². The van der Waals surface area contributed by atoms with E-state index in [0.717, 1.165) is 27.4 Å². The highest BCUT2D eigenvalue weighted by atomic mass is 32.1. The molecule has 0 aliphatic rings. The van der Waals surface area contributed by atoms with E-state index in [1.54, 1.807) is 17.1 Å². The van der Waals surface area contributed by atoms with Crippen molar-refractivity contribution in [2.24, 2.45) is 7.05 Å². The van der Waals surface area contributed by atoms with Gasteiger partial charge in [-0.15, -0.1) is 11.3 Å². The number of amides is 2. The second-order valence-electron chi connectivity index (χ2n) is 5.42. The van der Waals surface area contributed by atoms with E-state index in [-0.39, 0.29) is 6.03 Å². The number of urea groups is 1. The second-order valence-corrected chi connectivity index (χ2v) is 6.63. The maximum absolute atomic E-state index is 11.9. The van der Waals surface area contributed by atoms with Crippen LogP contribution in [0.25, 0.3) is 11.3 Å². The van der Waals surface area contributed by atoms with Crippen LogP contribution in [0.3, 0.4) is 0 Å². The van der Waals surface area contributed by atoms with Crippen molar-refractivity contribution >= 4 is 22.5 Å². The molecule has 0 bridgehead atoms. The average molecular weight is 342 g/mol. The summed E-state index contributed by atoms with van der Waals surface area (Å²) in [5.41, 5.74) is 3.67. The lowest BCUT2D eigenvalue weighted by Gasteiger charge is -2.06. The third kappa shape index (κ3) is 3.77. The fourth-order valence-electron chi connectivity index (χ4n) is 2.10. The van der Waals surface area contributed by atoms with Gasteiger partial charge in [0.25, 0.3) is 0 Å². The fraction of sp³-hybridized carbons (Fsp3) is 0.250. The van der Waals surface area contributed by atoms with Gasteiger partial charge in [0.1, 0.15) is 0 Å². The Morgan fingerprint density at radius 2 is 2.12 bits per heavy atom. The van der Waals surface area contributed by atoms with Gasteiger partial charge in [-0.1, -0.05) is 6.07 Å². The summed E-state index contributed by atoms with van der Waals surface area (Å²) in [4.78, 5) is 21.7. The second kappa shape index (κ2) is 6.79. The molecule has 0 aromatic carbocycles. The molecule has 7 nitrogen and oxygen atoms in total. The molecule has 0 saturated carbocycles. The molecule has 0 radical (unpaired) electrons. The van der Waals surface area contributed by atoms with Crippen LogP contribution in [0.2, 0.25) is 0 Å². The molecule has 8 heteroatoms. The molecule has 3 rings (SSSR count). The van der Waals surface area contributed by atoms with Crippen LogP contribution in [0, 0.1) is 13.8 Å². The van der Waals surface area contributed by atoms with Crippen molar-refractivity contribution in [2.75, 3.05) is 5.32 Å². The largest absolute Gasteiger partial charge is 0.334 e. The van der Waals surface area contributed by atoms with Crippen LogP contribution in [-0.2, 0) is 13.6 Å². The zero-order chi connectivity index (χ0) is 17.1. The standard InChI is InChI=1S/C16H18N6OS/c1-10-11(2)24-16(20-10)21-15(23)18-7-12-4-5-14(17-6-12)13-8-19-22(3)9-13/h4-6,8-9H,7H2,1-3H3,(H2,18,20,21,23). The number of hydrogen-bond donors (Lipinski definition) is 2. The number of pyridine rings is 1. The van der Waals surface area contributed by atoms with Gasteiger partial charge < -0.3 is 5.32 Å². The number of carbonyl (C=O) groups excluding carboxylic acids is 1. The van der Waals surface area contributed by atoms with E-state index >= 15 is 0 Å². The first-order chi connectivity index (χ1) is 11.5. The van der Waals surface area contributed by atoms with E-state index in [0.29, 0.717) is 11.7 Å². The Labute approximate surface area is 143 Å². The van der Waals surface area contributed by atoms with Crippen LogP contribution in [-0.4, -0.2) is 25.8 Å². The minimum atomic E-state index is -0.278. The molecule has 0 atom stereocenters. The lowest BCUT2D eigenvalue weighted by atomic mass is 10.2. The Balaban J connectivity index is 1.55. The molecule has 0 fully saturated rings. The quantitative estimate of drug-likeness (QED) is 0.763. The first-order valence-electron chi connectivity index (χ1n) is 7.44. The number of carbonyl (C=O) groups is 1. The summed E-state index contributed by atoms with van der Waals surface area (Å²) >= 11 is 1.46. The number of aryl methyl sites for hydroxylation is 3. The molecular weight excluding hydrogens is 324 g/mol. The Hall–Kier alpha value is -2.74. The first-order valence-corrected chi connectivity index (χ1v) is 8.26. The highest BCUT2D eigenvalue weighted by molar-refractivity contribution is 7.15. The van der Waals surface area contributed by atoms with Crippen molar-refractivity contribution in [3.63, 3.8) is 0 Å². The number of nitrogens with zero attached hydrogens (tertiary/aromatic N) is 4. The summed E-state index contributed by atoms with van der Waals surface area (Å²) < 4.78 is 1.73. The minimum Gasteiger partial charge on any atom is -0.334 e. The number of rotatable bonds is 4. The van der Waals surface area contributed by atoms with Crippen LogP contribution >= 0.6 is 11.3 Å². The molecule has 0 unspecified atom stereocenters. The average Bonchev–Trinajstić information content (AvgIpc) is 3.12. The van der Waals surface area contributed by atoms with Gasteiger partial charge in [-0.2, -0.15) is 5.10 Å². The highest BCUT2D eigenvalue weighted by Gasteiger charge is 2.08. The van der Waals surface area contributed by atoms with Gasteiger partial charge in [0.05, 0.1) is 17.6 Å². The van der Waals surface area contributed by atoms with Gasteiger partial charge in [0.2, 0.25) is 0 Å². The summed E-state index contributed by atoms with van der Waals surface area (Å²) in [5.74, 6) is 0. The molecule has 0 aliphatic carbocycles. The van der Waals surface area contributed by atoms with E-state index in [1.165, 1.54) is 11.3 Å². The molecule has 0 saturated heterocycles. The molecule has 0 spiro atoms. The van der Waals surface area contributed by atoms with Crippen molar-refractivity contribution in [2.45, 2.75) is 20.4 Å².